The number of rotatable bonds is 6. The number of ketones is 1. The lowest BCUT2D eigenvalue weighted by atomic mass is 10.0. The SMILES string of the molecule is Cc1ccc(C(=O)c2oc3ccccc3c2NC(=O)COc2c(C)cccc2C)cc1F. The maximum atomic E-state index is 14.0. The lowest BCUT2D eigenvalue weighted by Gasteiger charge is -2.12. The molecule has 0 fully saturated rings. The second kappa shape index (κ2) is 8.67. The summed E-state index contributed by atoms with van der Waals surface area (Å²) in [7, 11) is 0. The summed E-state index contributed by atoms with van der Waals surface area (Å²) in [6.07, 6.45) is 0. The van der Waals surface area contributed by atoms with Crippen molar-refractivity contribution in [3.05, 3.63) is 94.5 Å². The highest BCUT2D eigenvalue weighted by Crippen LogP contribution is 2.33. The summed E-state index contributed by atoms with van der Waals surface area (Å²) in [6.45, 7) is 5.19. The molecule has 0 aliphatic carbocycles. The van der Waals surface area contributed by atoms with Crippen molar-refractivity contribution < 1.29 is 23.1 Å². The molecule has 0 aliphatic rings. The van der Waals surface area contributed by atoms with Gasteiger partial charge in [-0.2, -0.15) is 0 Å². The van der Waals surface area contributed by atoms with Crippen molar-refractivity contribution in [2.45, 2.75) is 20.8 Å². The number of fused-ring (bicyclic) bond motifs is 1. The van der Waals surface area contributed by atoms with E-state index in [9.17, 15) is 14.0 Å². The van der Waals surface area contributed by atoms with Gasteiger partial charge >= 0.3 is 0 Å². The number of ether oxygens (including phenoxy) is 1. The minimum atomic E-state index is -0.522. The van der Waals surface area contributed by atoms with E-state index in [1.54, 1.807) is 31.2 Å². The summed E-state index contributed by atoms with van der Waals surface area (Å²) in [5, 5.41) is 3.32. The molecule has 4 rings (SSSR count). The van der Waals surface area contributed by atoms with Crippen molar-refractivity contribution in [2.24, 2.45) is 0 Å². The van der Waals surface area contributed by atoms with Crippen LogP contribution in [0.3, 0.4) is 0 Å². The molecule has 1 amide bonds. The quantitative estimate of drug-likeness (QED) is 0.395. The minimum absolute atomic E-state index is 0.0603. The molecule has 1 heterocycles. The van der Waals surface area contributed by atoms with Gasteiger partial charge in [0, 0.05) is 10.9 Å². The molecule has 1 N–H and O–H groups in total. The zero-order valence-corrected chi connectivity index (χ0v) is 18.0. The van der Waals surface area contributed by atoms with Crippen molar-refractivity contribution >= 4 is 28.3 Å². The van der Waals surface area contributed by atoms with Crippen LogP contribution in [0.1, 0.15) is 32.8 Å². The molecule has 0 spiro atoms. The Kier molecular flexibility index (Phi) is 5.77. The van der Waals surface area contributed by atoms with Gasteiger partial charge in [-0.05, 0) is 55.7 Å². The van der Waals surface area contributed by atoms with Crippen molar-refractivity contribution in [1.82, 2.24) is 0 Å². The van der Waals surface area contributed by atoms with E-state index < -0.39 is 17.5 Å². The van der Waals surface area contributed by atoms with E-state index in [-0.39, 0.29) is 23.6 Å². The average Bonchev–Trinajstić information content (AvgIpc) is 3.13. The smallest absolute Gasteiger partial charge is 0.262 e. The van der Waals surface area contributed by atoms with Crippen molar-refractivity contribution in [3.8, 4) is 5.75 Å². The van der Waals surface area contributed by atoms with Crippen LogP contribution in [-0.2, 0) is 4.79 Å². The summed E-state index contributed by atoms with van der Waals surface area (Å²) in [5.41, 5.74) is 3.08. The van der Waals surface area contributed by atoms with Gasteiger partial charge in [-0.1, -0.05) is 42.5 Å². The van der Waals surface area contributed by atoms with Crippen LogP contribution in [0.2, 0.25) is 0 Å². The van der Waals surface area contributed by atoms with Crippen molar-refractivity contribution in [2.75, 3.05) is 11.9 Å². The molecule has 32 heavy (non-hydrogen) atoms. The Hall–Kier alpha value is -3.93. The van der Waals surface area contributed by atoms with E-state index >= 15 is 0 Å². The highest BCUT2D eigenvalue weighted by atomic mass is 19.1. The zero-order valence-electron chi connectivity index (χ0n) is 18.0. The van der Waals surface area contributed by atoms with E-state index in [4.69, 9.17) is 9.15 Å². The number of amides is 1. The fraction of sp³-hybridized carbons (Fsp3) is 0.154. The predicted molar refractivity (Wildman–Crippen MR) is 121 cm³/mol. The molecule has 0 radical (unpaired) electrons. The number of hydrogen-bond donors (Lipinski definition) is 1. The predicted octanol–water partition coefficient (Wildman–Crippen LogP) is 5.75. The molecule has 0 aliphatic heterocycles. The van der Waals surface area contributed by atoms with Gasteiger partial charge in [0.05, 0.1) is 5.69 Å². The number of aryl methyl sites for hydroxylation is 3. The van der Waals surface area contributed by atoms with Crippen LogP contribution in [0.15, 0.2) is 65.1 Å². The highest BCUT2D eigenvalue weighted by Gasteiger charge is 2.24. The first kappa shape index (κ1) is 21.3. The maximum Gasteiger partial charge on any atom is 0.262 e. The molecule has 5 nitrogen and oxygen atoms in total. The van der Waals surface area contributed by atoms with Gasteiger partial charge in [-0.25, -0.2) is 4.39 Å². The summed E-state index contributed by atoms with van der Waals surface area (Å²) in [4.78, 5) is 25.8. The van der Waals surface area contributed by atoms with E-state index in [1.165, 1.54) is 18.2 Å². The van der Waals surface area contributed by atoms with Crippen molar-refractivity contribution in [3.63, 3.8) is 0 Å². The van der Waals surface area contributed by atoms with Gasteiger partial charge in [0.2, 0.25) is 5.78 Å². The van der Waals surface area contributed by atoms with Crippen LogP contribution >= 0.6 is 0 Å². The molecule has 162 valence electrons. The van der Waals surface area contributed by atoms with Gasteiger partial charge < -0.3 is 14.5 Å². The van der Waals surface area contributed by atoms with E-state index in [2.05, 4.69) is 5.32 Å². The molecule has 4 aromatic rings. The Bertz CT molecular complexity index is 1320. The highest BCUT2D eigenvalue weighted by molar-refractivity contribution is 6.17. The molecular formula is C26H22FNO4. The molecular weight excluding hydrogens is 409 g/mol. The Morgan fingerprint density at radius 3 is 2.38 bits per heavy atom. The molecule has 0 saturated carbocycles. The number of nitrogens with one attached hydrogen (secondary N) is 1. The number of hydrogen-bond acceptors (Lipinski definition) is 4. The number of carbonyl (C=O) groups excluding carboxylic acids is 2. The fourth-order valence-corrected chi connectivity index (χ4v) is 3.53. The number of furan rings is 1. The van der Waals surface area contributed by atoms with Gasteiger partial charge in [0.1, 0.15) is 17.1 Å². The van der Waals surface area contributed by atoms with Gasteiger partial charge in [0.25, 0.3) is 5.91 Å². The zero-order chi connectivity index (χ0) is 22.8. The third-order valence-corrected chi connectivity index (χ3v) is 5.26. The van der Waals surface area contributed by atoms with Gasteiger partial charge in [-0.3, -0.25) is 9.59 Å². The van der Waals surface area contributed by atoms with E-state index in [1.807, 2.05) is 32.0 Å². The Morgan fingerprint density at radius 1 is 0.938 bits per heavy atom. The molecule has 0 unspecified atom stereocenters. The topological polar surface area (TPSA) is 68.5 Å². The molecule has 1 aromatic heterocycles. The Labute approximate surface area is 184 Å². The molecule has 6 heteroatoms. The lowest BCUT2D eigenvalue weighted by Crippen LogP contribution is -2.21. The van der Waals surface area contributed by atoms with Crippen molar-refractivity contribution in [1.29, 1.82) is 0 Å². The second-order valence-electron chi connectivity index (χ2n) is 7.65. The van der Waals surface area contributed by atoms with Gasteiger partial charge in [-0.15, -0.1) is 0 Å². The van der Waals surface area contributed by atoms with Crippen LogP contribution in [-0.4, -0.2) is 18.3 Å². The van der Waals surface area contributed by atoms with Gasteiger partial charge in [0.15, 0.2) is 12.4 Å². The largest absolute Gasteiger partial charge is 0.483 e. The lowest BCUT2D eigenvalue weighted by molar-refractivity contribution is -0.118. The third-order valence-electron chi connectivity index (χ3n) is 5.26. The minimum Gasteiger partial charge on any atom is -0.483 e. The number of benzene rings is 3. The number of para-hydroxylation sites is 2. The maximum absolute atomic E-state index is 14.0. The van der Waals surface area contributed by atoms with Crippen LogP contribution in [0.4, 0.5) is 10.1 Å². The van der Waals surface area contributed by atoms with Crippen LogP contribution in [0.25, 0.3) is 11.0 Å². The molecule has 0 bridgehead atoms. The van der Waals surface area contributed by atoms with Crippen LogP contribution < -0.4 is 10.1 Å². The summed E-state index contributed by atoms with van der Waals surface area (Å²) in [6, 6.07) is 16.9. The molecule has 0 saturated heterocycles. The standard InChI is InChI=1S/C26H22FNO4/c1-15-11-12-18(13-20(15)27)24(30)26-23(19-9-4-5-10-21(19)32-26)28-22(29)14-31-25-16(2)7-6-8-17(25)3/h4-13H,14H2,1-3H3,(H,28,29). The molecule has 3 aromatic carbocycles. The van der Waals surface area contributed by atoms with E-state index in [0.29, 0.717) is 22.3 Å². The second-order valence-corrected chi connectivity index (χ2v) is 7.65. The molecule has 0 atom stereocenters. The first-order chi connectivity index (χ1) is 15.3. The number of anilines is 1. The fourth-order valence-electron chi connectivity index (χ4n) is 3.53. The third kappa shape index (κ3) is 4.12. The monoisotopic (exact) mass is 431 g/mol. The first-order valence-corrected chi connectivity index (χ1v) is 10.2. The summed E-state index contributed by atoms with van der Waals surface area (Å²) >= 11 is 0. The summed E-state index contributed by atoms with van der Waals surface area (Å²) < 4.78 is 25.5. The van der Waals surface area contributed by atoms with Crippen LogP contribution in [0.5, 0.6) is 5.75 Å². The van der Waals surface area contributed by atoms with Crippen LogP contribution in [0, 0.1) is 26.6 Å². The summed E-state index contributed by atoms with van der Waals surface area (Å²) in [5.74, 6) is -0.866. The Balaban J connectivity index is 1.63. The average molecular weight is 431 g/mol. The normalized spacial score (nSPS) is 10.9. The number of carbonyl (C=O) groups is 2. The first-order valence-electron chi connectivity index (χ1n) is 10.2. The number of halogens is 1. The van der Waals surface area contributed by atoms with E-state index in [0.717, 1.165) is 11.1 Å². The Morgan fingerprint density at radius 2 is 1.66 bits per heavy atom.